The van der Waals surface area contributed by atoms with Crippen LogP contribution in [-0.4, -0.2) is 15.0 Å². The van der Waals surface area contributed by atoms with Gasteiger partial charge in [0.1, 0.15) is 5.52 Å². The summed E-state index contributed by atoms with van der Waals surface area (Å²) in [5, 5.41) is 0. The number of halogens is 1. The van der Waals surface area contributed by atoms with Crippen molar-refractivity contribution in [3.8, 4) is 0 Å². The number of aromatic nitrogens is 3. The van der Waals surface area contributed by atoms with Gasteiger partial charge >= 0.3 is 0 Å². The fourth-order valence-corrected chi connectivity index (χ4v) is 1.37. The van der Waals surface area contributed by atoms with Crippen molar-refractivity contribution < 1.29 is 0 Å². The van der Waals surface area contributed by atoms with Crippen LogP contribution < -0.4 is 0 Å². The smallest absolute Gasteiger partial charge is 0.179 e. The Hall–Kier alpha value is -1.03. The average molecular weight is 224 g/mol. The predicted molar refractivity (Wildman–Crippen MR) is 49.8 cm³/mol. The molecule has 4 heteroatoms. The summed E-state index contributed by atoms with van der Waals surface area (Å²) in [4.78, 5) is 12.5. The van der Waals surface area contributed by atoms with E-state index in [0.717, 1.165) is 15.7 Å². The molecule has 0 amide bonds. The first-order valence-electron chi connectivity index (χ1n) is 3.51. The zero-order valence-electron chi connectivity index (χ0n) is 6.45. The monoisotopic (exact) mass is 223 g/mol. The lowest BCUT2D eigenvalue weighted by atomic mass is 10.4. The molecule has 60 valence electrons. The predicted octanol–water partition coefficient (Wildman–Crippen LogP) is 2.10. The fourth-order valence-electron chi connectivity index (χ4n) is 0.975. The van der Waals surface area contributed by atoms with Crippen molar-refractivity contribution >= 4 is 27.1 Å². The summed E-state index contributed by atoms with van der Waals surface area (Å²) in [6.45, 7) is 1.90. The molecule has 0 aliphatic rings. The summed E-state index contributed by atoms with van der Waals surface area (Å²) in [5.41, 5.74) is 2.38. The zero-order chi connectivity index (χ0) is 8.55. The van der Waals surface area contributed by atoms with E-state index in [9.17, 15) is 0 Å². The van der Waals surface area contributed by atoms with Crippen molar-refractivity contribution in [1.82, 2.24) is 15.0 Å². The lowest BCUT2D eigenvalue weighted by Crippen LogP contribution is -1.89. The Bertz CT molecular complexity index is 428. The van der Waals surface area contributed by atoms with Crippen LogP contribution in [0.5, 0.6) is 0 Å². The molecule has 12 heavy (non-hydrogen) atoms. The van der Waals surface area contributed by atoms with Gasteiger partial charge in [-0.05, 0) is 28.9 Å². The molecule has 0 spiro atoms. The van der Waals surface area contributed by atoms with Crippen LogP contribution in [0.1, 0.15) is 5.69 Å². The maximum absolute atomic E-state index is 4.23. The van der Waals surface area contributed by atoms with Gasteiger partial charge in [0.2, 0.25) is 0 Å². The quantitative estimate of drug-likeness (QED) is 0.687. The number of rotatable bonds is 0. The van der Waals surface area contributed by atoms with E-state index in [2.05, 4.69) is 30.9 Å². The lowest BCUT2D eigenvalue weighted by molar-refractivity contribution is 1.14. The summed E-state index contributed by atoms with van der Waals surface area (Å²) < 4.78 is 0.931. The molecule has 0 unspecified atom stereocenters. The van der Waals surface area contributed by atoms with Gasteiger partial charge in [-0.2, -0.15) is 0 Å². The van der Waals surface area contributed by atoms with Crippen LogP contribution in [-0.2, 0) is 0 Å². The molecule has 0 radical (unpaired) electrons. The molecule has 0 saturated heterocycles. The van der Waals surface area contributed by atoms with Crippen LogP contribution in [0.25, 0.3) is 11.2 Å². The molecule has 0 atom stereocenters. The van der Waals surface area contributed by atoms with E-state index in [1.807, 2.05) is 13.0 Å². The Morgan fingerprint density at radius 2 is 2.17 bits per heavy atom. The van der Waals surface area contributed by atoms with E-state index in [4.69, 9.17) is 0 Å². The first-order chi connectivity index (χ1) is 5.77. The van der Waals surface area contributed by atoms with E-state index in [0.29, 0.717) is 5.65 Å². The van der Waals surface area contributed by atoms with Gasteiger partial charge in [0, 0.05) is 16.9 Å². The summed E-state index contributed by atoms with van der Waals surface area (Å²) in [7, 11) is 0. The second-order valence-electron chi connectivity index (χ2n) is 2.48. The van der Waals surface area contributed by atoms with Crippen LogP contribution in [0, 0.1) is 6.92 Å². The second kappa shape index (κ2) is 2.79. The number of aryl methyl sites for hydroxylation is 1. The number of hydrogen-bond donors (Lipinski definition) is 0. The Kier molecular flexibility index (Phi) is 1.77. The minimum atomic E-state index is 0.685. The lowest BCUT2D eigenvalue weighted by Gasteiger charge is -1.97. The van der Waals surface area contributed by atoms with Gasteiger partial charge in [-0.1, -0.05) is 0 Å². The molecule has 2 aromatic rings. The SMILES string of the molecule is Cc1cnc2c(Br)ccnc2n1. The second-order valence-corrected chi connectivity index (χ2v) is 3.33. The van der Waals surface area contributed by atoms with E-state index < -0.39 is 0 Å². The van der Waals surface area contributed by atoms with Crippen molar-refractivity contribution in [3.05, 3.63) is 28.6 Å². The van der Waals surface area contributed by atoms with Crippen LogP contribution in [0.3, 0.4) is 0 Å². The van der Waals surface area contributed by atoms with E-state index >= 15 is 0 Å². The normalized spacial score (nSPS) is 10.5. The van der Waals surface area contributed by atoms with Crippen molar-refractivity contribution in [2.24, 2.45) is 0 Å². The molecule has 0 fully saturated rings. The molecular weight excluding hydrogens is 218 g/mol. The molecule has 0 N–H and O–H groups in total. The minimum Gasteiger partial charge on any atom is -0.250 e. The topological polar surface area (TPSA) is 38.7 Å². The standard InChI is InChI=1S/C8H6BrN3/c1-5-4-11-7-6(9)2-3-10-8(7)12-5/h2-4H,1H3. The van der Waals surface area contributed by atoms with Crippen LogP contribution in [0.4, 0.5) is 0 Å². The Morgan fingerprint density at radius 3 is 3.00 bits per heavy atom. The van der Waals surface area contributed by atoms with Crippen molar-refractivity contribution in [2.45, 2.75) is 6.92 Å². The Balaban J connectivity index is 2.86. The molecule has 0 bridgehead atoms. The number of fused-ring (bicyclic) bond motifs is 1. The third-order valence-corrected chi connectivity index (χ3v) is 2.16. The number of hydrogen-bond acceptors (Lipinski definition) is 3. The number of nitrogens with zero attached hydrogens (tertiary/aromatic N) is 3. The molecule has 2 rings (SSSR count). The highest BCUT2D eigenvalue weighted by molar-refractivity contribution is 9.10. The van der Waals surface area contributed by atoms with Crippen molar-refractivity contribution in [1.29, 1.82) is 0 Å². The minimum absolute atomic E-state index is 0.685. The van der Waals surface area contributed by atoms with Gasteiger partial charge in [-0.15, -0.1) is 0 Å². The average Bonchev–Trinajstić information content (AvgIpc) is 2.04. The fraction of sp³-hybridized carbons (Fsp3) is 0.125. The molecule has 0 aliphatic carbocycles. The molecule has 2 aromatic heterocycles. The first-order valence-corrected chi connectivity index (χ1v) is 4.30. The highest BCUT2D eigenvalue weighted by Crippen LogP contribution is 2.17. The summed E-state index contributed by atoms with van der Waals surface area (Å²) in [6.07, 6.45) is 3.44. The summed E-state index contributed by atoms with van der Waals surface area (Å²) >= 11 is 3.38. The molecule has 0 aliphatic heterocycles. The molecular formula is C8H6BrN3. The summed E-state index contributed by atoms with van der Waals surface area (Å²) in [5.74, 6) is 0. The van der Waals surface area contributed by atoms with Crippen molar-refractivity contribution in [2.75, 3.05) is 0 Å². The Morgan fingerprint density at radius 1 is 1.33 bits per heavy atom. The first kappa shape index (κ1) is 7.61. The molecule has 0 aromatic carbocycles. The summed E-state index contributed by atoms with van der Waals surface area (Å²) in [6, 6.07) is 1.85. The van der Waals surface area contributed by atoms with Gasteiger partial charge in [-0.25, -0.2) is 15.0 Å². The van der Waals surface area contributed by atoms with E-state index in [-0.39, 0.29) is 0 Å². The van der Waals surface area contributed by atoms with E-state index in [1.165, 1.54) is 0 Å². The molecule has 0 saturated carbocycles. The highest BCUT2D eigenvalue weighted by atomic mass is 79.9. The van der Waals surface area contributed by atoms with Gasteiger partial charge in [0.25, 0.3) is 0 Å². The third kappa shape index (κ3) is 1.18. The number of pyridine rings is 1. The van der Waals surface area contributed by atoms with Gasteiger partial charge in [-0.3, -0.25) is 0 Å². The van der Waals surface area contributed by atoms with Crippen molar-refractivity contribution in [3.63, 3.8) is 0 Å². The molecule has 2 heterocycles. The van der Waals surface area contributed by atoms with Crippen LogP contribution >= 0.6 is 15.9 Å². The maximum Gasteiger partial charge on any atom is 0.179 e. The molecule has 3 nitrogen and oxygen atoms in total. The van der Waals surface area contributed by atoms with Crippen LogP contribution in [0.15, 0.2) is 22.9 Å². The third-order valence-electron chi connectivity index (χ3n) is 1.52. The van der Waals surface area contributed by atoms with Crippen LogP contribution in [0.2, 0.25) is 0 Å². The van der Waals surface area contributed by atoms with Gasteiger partial charge < -0.3 is 0 Å². The van der Waals surface area contributed by atoms with E-state index in [1.54, 1.807) is 12.4 Å². The Labute approximate surface area is 78.0 Å². The van der Waals surface area contributed by atoms with Gasteiger partial charge in [0.15, 0.2) is 5.65 Å². The highest BCUT2D eigenvalue weighted by Gasteiger charge is 2.00. The van der Waals surface area contributed by atoms with Gasteiger partial charge in [0.05, 0.1) is 5.69 Å². The zero-order valence-corrected chi connectivity index (χ0v) is 8.04. The largest absolute Gasteiger partial charge is 0.250 e. The maximum atomic E-state index is 4.23.